The summed E-state index contributed by atoms with van der Waals surface area (Å²) >= 11 is 0. The minimum Gasteiger partial charge on any atom is -0.313 e. The molecule has 2 aliphatic rings. The number of nitrogens with one attached hydrogen (secondary N) is 1. The molecular weight excluding hydrogens is 314 g/mol. The van der Waals surface area contributed by atoms with E-state index < -0.39 is 25.3 Å². The summed E-state index contributed by atoms with van der Waals surface area (Å²) in [5.74, 6) is 0.344. The van der Waals surface area contributed by atoms with Gasteiger partial charge in [-0.2, -0.15) is 0 Å². The van der Waals surface area contributed by atoms with Crippen LogP contribution in [0.2, 0.25) is 0 Å². The number of primary sulfonamides is 1. The first-order chi connectivity index (χ1) is 9.66. The third kappa shape index (κ3) is 4.88. The van der Waals surface area contributed by atoms with Gasteiger partial charge in [0.1, 0.15) is 0 Å². The smallest absolute Gasteiger partial charge is 0.213 e. The molecule has 2 rings (SSSR count). The van der Waals surface area contributed by atoms with Gasteiger partial charge in [0.15, 0.2) is 0 Å². The average Bonchev–Trinajstić information content (AvgIpc) is 2.37. The Labute approximate surface area is 127 Å². The van der Waals surface area contributed by atoms with Crippen LogP contribution in [0.4, 0.5) is 0 Å². The molecule has 2 aliphatic heterocycles. The Kier molecular flexibility index (Phi) is 5.30. The van der Waals surface area contributed by atoms with Gasteiger partial charge in [0.2, 0.25) is 20.0 Å². The normalized spacial score (nSPS) is 33.0. The third-order valence-electron chi connectivity index (χ3n) is 4.50. The molecule has 0 bridgehead atoms. The molecular formula is C12H25N3O4S2. The minimum atomic E-state index is -3.46. The molecule has 0 aromatic rings. The van der Waals surface area contributed by atoms with E-state index in [-0.39, 0.29) is 6.04 Å². The van der Waals surface area contributed by atoms with Crippen LogP contribution >= 0.6 is 0 Å². The lowest BCUT2D eigenvalue weighted by Crippen LogP contribution is -2.48. The van der Waals surface area contributed by atoms with Crippen molar-refractivity contribution in [3.8, 4) is 0 Å². The standard InChI is InChI=1S/C12H25N3O4S2/c1-20(16,17)15-6-2-3-10(9-15)7-11-4-5-12(8-14-11)21(13,18)19/h10-12,14H,2-9H2,1H3,(H2,13,18,19). The molecule has 3 unspecified atom stereocenters. The highest BCUT2D eigenvalue weighted by Crippen LogP contribution is 2.25. The summed E-state index contributed by atoms with van der Waals surface area (Å²) in [6.07, 6.45) is 5.43. The van der Waals surface area contributed by atoms with E-state index in [9.17, 15) is 16.8 Å². The fraction of sp³-hybridized carbons (Fsp3) is 1.00. The number of piperidine rings is 2. The lowest BCUT2D eigenvalue weighted by molar-refractivity contribution is 0.226. The molecule has 7 nitrogen and oxygen atoms in total. The molecule has 2 heterocycles. The predicted molar refractivity (Wildman–Crippen MR) is 81.7 cm³/mol. The summed E-state index contributed by atoms with van der Waals surface area (Å²) in [4.78, 5) is 0. The van der Waals surface area contributed by atoms with Crippen molar-refractivity contribution in [1.82, 2.24) is 9.62 Å². The Morgan fingerprint density at radius 3 is 2.43 bits per heavy atom. The number of nitrogens with two attached hydrogens (primary N) is 1. The quantitative estimate of drug-likeness (QED) is 0.715. The molecule has 0 aliphatic carbocycles. The maximum absolute atomic E-state index is 11.6. The lowest BCUT2D eigenvalue weighted by atomic mass is 9.89. The maximum atomic E-state index is 11.6. The first kappa shape index (κ1) is 17.1. The largest absolute Gasteiger partial charge is 0.313 e. The first-order valence-electron chi connectivity index (χ1n) is 7.36. The van der Waals surface area contributed by atoms with E-state index in [2.05, 4.69) is 5.32 Å². The summed E-state index contributed by atoms with van der Waals surface area (Å²) < 4.78 is 47.4. The Morgan fingerprint density at radius 2 is 1.90 bits per heavy atom. The Hall–Kier alpha value is -0.220. The molecule has 0 saturated carbocycles. The van der Waals surface area contributed by atoms with Gasteiger partial charge in [-0.1, -0.05) is 0 Å². The topological polar surface area (TPSA) is 110 Å². The molecule has 9 heteroatoms. The van der Waals surface area contributed by atoms with E-state index in [1.54, 1.807) is 4.31 Å². The summed E-state index contributed by atoms with van der Waals surface area (Å²) in [6, 6.07) is 0.257. The maximum Gasteiger partial charge on any atom is 0.213 e. The number of nitrogens with zero attached hydrogens (tertiary/aromatic N) is 1. The van der Waals surface area contributed by atoms with Gasteiger partial charge >= 0.3 is 0 Å². The van der Waals surface area contributed by atoms with Gasteiger partial charge in [0.25, 0.3) is 0 Å². The Morgan fingerprint density at radius 1 is 1.19 bits per heavy atom. The van der Waals surface area contributed by atoms with Gasteiger partial charge in [0.05, 0.1) is 11.5 Å². The predicted octanol–water partition coefficient (Wildman–Crippen LogP) is -0.543. The molecule has 0 aromatic carbocycles. The third-order valence-corrected chi connectivity index (χ3v) is 7.11. The molecule has 3 atom stereocenters. The number of hydrogen-bond donors (Lipinski definition) is 2. The number of hydrogen-bond acceptors (Lipinski definition) is 5. The van der Waals surface area contributed by atoms with Crippen molar-refractivity contribution in [3.05, 3.63) is 0 Å². The van der Waals surface area contributed by atoms with Gasteiger partial charge < -0.3 is 5.32 Å². The van der Waals surface area contributed by atoms with Crippen LogP contribution < -0.4 is 10.5 Å². The highest BCUT2D eigenvalue weighted by molar-refractivity contribution is 7.89. The highest BCUT2D eigenvalue weighted by Gasteiger charge is 2.31. The van der Waals surface area contributed by atoms with Crippen LogP contribution in [-0.4, -0.2) is 58.3 Å². The van der Waals surface area contributed by atoms with Gasteiger partial charge in [-0.25, -0.2) is 26.3 Å². The molecule has 21 heavy (non-hydrogen) atoms. The zero-order valence-corrected chi connectivity index (χ0v) is 14.0. The van der Waals surface area contributed by atoms with Crippen LogP contribution in [0.5, 0.6) is 0 Å². The fourth-order valence-electron chi connectivity index (χ4n) is 3.29. The van der Waals surface area contributed by atoms with Crippen molar-refractivity contribution in [2.24, 2.45) is 11.1 Å². The van der Waals surface area contributed by atoms with Crippen LogP contribution in [-0.2, 0) is 20.0 Å². The van der Waals surface area contributed by atoms with Crippen LogP contribution in [0.25, 0.3) is 0 Å². The van der Waals surface area contributed by atoms with E-state index in [0.717, 1.165) is 25.7 Å². The summed E-state index contributed by atoms with van der Waals surface area (Å²) in [6.45, 7) is 1.59. The van der Waals surface area contributed by atoms with Gasteiger partial charge in [-0.15, -0.1) is 0 Å². The molecule has 0 radical (unpaired) electrons. The second kappa shape index (κ2) is 6.49. The first-order valence-corrected chi connectivity index (χ1v) is 10.8. The Bertz CT molecular complexity index is 553. The van der Waals surface area contributed by atoms with Crippen molar-refractivity contribution >= 4 is 20.0 Å². The number of rotatable bonds is 4. The van der Waals surface area contributed by atoms with Crippen molar-refractivity contribution in [3.63, 3.8) is 0 Å². The van der Waals surface area contributed by atoms with Crippen LogP contribution in [0.3, 0.4) is 0 Å². The fourth-order valence-corrected chi connectivity index (χ4v) is 5.03. The molecule has 2 fully saturated rings. The summed E-state index contributed by atoms with van der Waals surface area (Å²) in [5.41, 5.74) is 0. The average molecular weight is 339 g/mol. The summed E-state index contributed by atoms with van der Waals surface area (Å²) in [7, 11) is -6.57. The van der Waals surface area contributed by atoms with Gasteiger partial charge in [-0.3, -0.25) is 0 Å². The van der Waals surface area contributed by atoms with Crippen LogP contribution in [0.15, 0.2) is 0 Å². The lowest BCUT2D eigenvalue weighted by Gasteiger charge is -2.35. The highest BCUT2D eigenvalue weighted by atomic mass is 32.2. The molecule has 124 valence electrons. The zero-order valence-electron chi connectivity index (χ0n) is 12.4. The number of sulfonamides is 2. The van der Waals surface area contributed by atoms with Crippen molar-refractivity contribution in [1.29, 1.82) is 0 Å². The molecule has 3 N–H and O–H groups in total. The molecule has 0 amide bonds. The second-order valence-electron chi connectivity index (χ2n) is 6.26. The van der Waals surface area contributed by atoms with Crippen LogP contribution in [0, 0.1) is 5.92 Å². The monoisotopic (exact) mass is 339 g/mol. The van der Waals surface area contributed by atoms with E-state index in [1.165, 1.54) is 6.26 Å². The summed E-state index contributed by atoms with van der Waals surface area (Å²) in [5, 5.41) is 7.92. The molecule has 2 saturated heterocycles. The SMILES string of the molecule is CS(=O)(=O)N1CCCC(CC2CCC(S(N)(=O)=O)CN2)C1. The van der Waals surface area contributed by atoms with Crippen LogP contribution in [0.1, 0.15) is 32.1 Å². The minimum absolute atomic E-state index is 0.257. The zero-order chi connectivity index (χ0) is 15.7. The second-order valence-corrected chi connectivity index (χ2v) is 10.1. The van der Waals surface area contributed by atoms with E-state index >= 15 is 0 Å². The Balaban J connectivity index is 1.84. The van der Waals surface area contributed by atoms with Crippen molar-refractivity contribution in [2.45, 2.75) is 43.4 Å². The van der Waals surface area contributed by atoms with Crippen molar-refractivity contribution < 1.29 is 16.8 Å². The van der Waals surface area contributed by atoms with E-state index in [4.69, 9.17) is 5.14 Å². The van der Waals surface area contributed by atoms with Gasteiger partial charge in [0, 0.05) is 25.7 Å². The molecule has 0 aromatic heterocycles. The van der Waals surface area contributed by atoms with Crippen molar-refractivity contribution in [2.75, 3.05) is 25.9 Å². The van der Waals surface area contributed by atoms with E-state index in [1.807, 2.05) is 0 Å². The molecule has 0 spiro atoms. The van der Waals surface area contributed by atoms with E-state index in [0.29, 0.717) is 32.0 Å². The van der Waals surface area contributed by atoms with Gasteiger partial charge in [-0.05, 0) is 38.0 Å².